The van der Waals surface area contributed by atoms with E-state index >= 15 is 0 Å². The zero-order chi connectivity index (χ0) is 27.0. The van der Waals surface area contributed by atoms with E-state index in [0.717, 1.165) is 0 Å². The van der Waals surface area contributed by atoms with Crippen LogP contribution in [0.2, 0.25) is 0 Å². The lowest BCUT2D eigenvalue weighted by atomic mass is 10.2. The zero-order valence-corrected chi connectivity index (χ0v) is 20.9. The monoisotopic (exact) mass is 529 g/mol. The van der Waals surface area contributed by atoms with Crippen molar-refractivity contribution in [3.05, 3.63) is 54.0 Å². The number of fused-ring (bicyclic) bond motifs is 1. The van der Waals surface area contributed by atoms with Crippen LogP contribution < -0.4 is 20.9 Å². The maximum Gasteiger partial charge on any atom is 0.422 e. The number of benzene rings is 1. The molecular formula is C22H24FN9O4S. The number of hydrogen-bond acceptors (Lipinski definition) is 10. The summed E-state index contributed by atoms with van der Waals surface area (Å²) in [7, 11) is -4.48. The molecule has 0 bridgehead atoms. The van der Waals surface area contributed by atoms with Gasteiger partial charge in [-0.1, -0.05) is 18.2 Å². The number of aromatic nitrogens is 5. The van der Waals surface area contributed by atoms with Gasteiger partial charge in [0.1, 0.15) is 22.8 Å². The number of amides is 1. The van der Waals surface area contributed by atoms with Gasteiger partial charge in [-0.3, -0.25) is 4.72 Å². The van der Waals surface area contributed by atoms with E-state index in [1.807, 2.05) is 4.72 Å². The second kappa shape index (κ2) is 9.50. The molecule has 15 heteroatoms. The van der Waals surface area contributed by atoms with Crippen molar-refractivity contribution in [1.82, 2.24) is 29.5 Å². The van der Waals surface area contributed by atoms with Crippen LogP contribution in [0.1, 0.15) is 26.3 Å². The van der Waals surface area contributed by atoms with Crippen LogP contribution >= 0.6 is 0 Å². The quantitative estimate of drug-likeness (QED) is 0.288. The van der Waals surface area contributed by atoms with E-state index in [4.69, 9.17) is 16.2 Å². The average Bonchev–Trinajstić information content (AvgIpc) is 3.14. The largest absolute Gasteiger partial charge is 0.443 e. The first-order valence-electron chi connectivity index (χ1n) is 10.8. The fourth-order valence-electron chi connectivity index (χ4n) is 3.35. The molecule has 1 amide bonds. The Balaban J connectivity index is 1.67. The number of hydrogen-bond donors (Lipinski definition) is 4. The third-order valence-electron chi connectivity index (χ3n) is 4.81. The minimum absolute atomic E-state index is 0.0108. The molecule has 3 aromatic heterocycles. The number of nitrogens with two attached hydrogens (primary N) is 2. The molecule has 0 radical (unpaired) electrons. The van der Waals surface area contributed by atoms with E-state index < -0.39 is 27.7 Å². The van der Waals surface area contributed by atoms with Gasteiger partial charge in [-0.25, -0.2) is 33.5 Å². The molecule has 4 rings (SSSR count). The number of carbonyl (C=O) groups excluding carboxylic acids is 1. The van der Waals surface area contributed by atoms with Crippen LogP contribution in [0.15, 0.2) is 42.6 Å². The van der Waals surface area contributed by atoms with Crippen molar-refractivity contribution >= 4 is 44.7 Å². The molecule has 0 fully saturated rings. The molecule has 1 aromatic carbocycles. The zero-order valence-electron chi connectivity index (χ0n) is 20.1. The molecule has 0 saturated carbocycles. The molecular weight excluding hydrogens is 505 g/mol. The minimum atomic E-state index is -4.48. The molecule has 4 aromatic rings. The summed E-state index contributed by atoms with van der Waals surface area (Å²) in [6, 6.07) is 9.67. The van der Waals surface area contributed by atoms with E-state index in [2.05, 4.69) is 20.1 Å². The Morgan fingerprint density at radius 1 is 1.11 bits per heavy atom. The lowest BCUT2D eigenvalue weighted by Gasteiger charge is -2.20. The third kappa shape index (κ3) is 5.83. The second-order valence-electron chi connectivity index (χ2n) is 8.87. The average molecular weight is 530 g/mol. The third-order valence-corrected chi connectivity index (χ3v) is 5.72. The summed E-state index contributed by atoms with van der Waals surface area (Å²) in [5.74, 6) is -1.05. The molecule has 0 saturated heterocycles. The van der Waals surface area contributed by atoms with E-state index in [0.29, 0.717) is 16.6 Å². The topological polar surface area (TPSA) is 193 Å². The summed E-state index contributed by atoms with van der Waals surface area (Å²) in [4.78, 5) is 24.5. The van der Waals surface area contributed by atoms with Crippen molar-refractivity contribution < 1.29 is 22.3 Å². The Labute approximate surface area is 211 Å². The van der Waals surface area contributed by atoms with Gasteiger partial charge in [-0.15, -0.1) is 0 Å². The molecule has 194 valence electrons. The van der Waals surface area contributed by atoms with Gasteiger partial charge in [0, 0.05) is 11.8 Å². The van der Waals surface area contributed by atoms with Crippen LogP contribution in [0.3, 0.4) is 0 Å². The number of carbonyl (C=O) groups is 1. The number of nitrogens with zero attached hydrogens (tertiary/aromatic N) is 5. The van der Waals surface area contributed by atoms with Crippen LogP contribution in [0, 0.1) is 5.82 Å². The Kier molecular flexibility index (Phi) is 6.56. The summed E-state index contributed by atoms with van der Waals surface area (Å²) >= 11 is 0. The number of rotatable bonds is 6. The van der Waals surface area contributed by atoms with Crippen molar-refractivity contribution in [3.63, 3.8) is 0 Å². The molecule has 0 aliphatic rings. The van der Waals surface area contributed by atoms with Crippen LogP contribution in [0.25, 0.3) is 22.6 Å². The van der Waals surface area contributed by atoms with Gasteiger partial charge in [-0.05, 0) is 39.0 Å². The summed E-state index contributed by atoms with van der Waals surface area (Å²) in [6.07, 6.45) is 0.360. The van der Waals surface area contributed by atoms with Crippen LogP contribution in [0.5, 0.6) is 0 Å². The summed E-state index contributed by atoms with van der Waals surface area (Å²) in [6.45, 7) is 4.81. The van der Waals surface area contributed by atoms with Crippen molar-refractivity contribution in [2.75, 3.05) is 16.2 Å². The minimum Gasteiger partial charge on any atom is -0.443 e. The van der Waals surface area contributed by atoms with Gasteiger partial charge in [0.05, 0.1) is 11.9 Å². The molecule has 13 nitrogen and oxygen atoms in total. The smallest absolute Gasteiger partial charge is 0.422 e. The summed E-state index contributed by atoms with van der Waals surface area (Å²) in [5, 5.41) is 5.03. The fourth-order valence-corrected chi connectivity index (χ4v) is 4.14. The number of halogens is 1. The second-order valence-corrected chi connectivity index (χ2v) is 10.3. The molecule has 0 atom stereocenters. The maximum absolute atomic E-state index is 14.2. The lowest BCUT2D eigenvalue weighted by molar-refractivity contribution is 0.0570. The molecule has 0 aliphatic heterocycles. The molecule has 6 N–H and O–H groups in total. The Morgan fingerprint density at radius 3 is 2.43 bits per heavy atom. The molecule has 0 spiro atoms. The van der Waals surface area contributed by atoms with Crippen LogP contribution in [-0.4, -0.2) is 44.8 Å². The Bertz CT molecular complexity index is 1580. The first kappa shape index (κ1) is 25.6. The predicted octanol–water partition coefficient (Wildman–Crippen LogP) is 2.42. The van der Waals surface area contributed by atoms with Gasteiger partial charge in [0.25, 0.3) is 0 Å². The fraction of sp³-hybridized carbons (Fsp3) is 0.227. The van der Waals surface area contributed by atoms with Crippen molar-refractivity contribution in [2.45, 2.75) is 32.9 Å². The van der Waals surface area contributed by atoms with Crippen LogP contribution in [0.4, 0.5) is 26.5 Å². The highest BCUT2D eigenvalue weighted by Gasteiger charge is 2.25. The molecule has 37 heavy (non-hydrogen) atoms. The maximum atomic E-state index is 14.2. The van der Waals surface area contributed by atoms with Crippen molar-refractivity contribution in [2.24, 2.45) is 0 Å². The Morgan fingerprint density at radius 2 is 1.78 bits per heavy atom. The highest BCUT2D eigenvalue weighted by atomic mass is 32.2. The first-order chi connectivity index (χ1) is 17.3. The lowest BCUT2D eigenvalue weighted by Crippen LogP contribution is -2.39. The highest BCUT2D eigenvalue weighted by molar-refractivity contribution is 7.91. The van der Waals surface area contributed by atoms with Crippen molar-refractivity contribution in [3.8, 4) is 11.5 Å². The van der Waals surface area contributed by atoms with E-state index in [-0.39, 0.29) is 35.4 Å². The molecule has 0 unspecified atom stereocenters. The summed E-state index contributed by atoms with van der Waals surface area (Å²) < 4.78 is 49.2. The van der Waals surface area contributed by atoms with E-state index in [1.54, 1.807) is 62.0 Å². The van der Waals surface area contributed by atoms with E-state index in [9.17, 15) is 17.6 Å². The number of nitrogens with one attached hydrogen (secondary N) is 2. The normalized spacial score (nSPS) is 11.9. The highest BCUT2D eigenvalue weighted by Crippen LogP contribution is 2.30. The van der Waals surface area contributed by atoms with Crippen molar-refractivity contribution in [1.29, 1.82) is 0 Å². The van der Waals surface area contributed by atoms with Crippen LogP contribution in [-0.2, 0) is 21.5 Å². The number of nitrogen functional groups attached to an aromatic ring is 2. The van der Waals surface area contributed by atoms with Gasteiger partial charge in [0.2, 0.25) is 0 Å². The predicted molar refractivity (Wildman–Crippen MR) is 135 cm³/mol. The van der Waals surface area contributed by atoms with Gasteiger partial charge in [0.15, 0.2) is 23.1 Å². The number of pyridine rings is 1. The van der Waals surface area contributed by atoms with Gasteiger partial charge in [-0.2, -0.15) is 13.5 Å². The SMILES string of the molecule is CC(C)(C)OC(=O)NS(=O)(=O)Nc1c(N)nc(-c2nn(Cc3ccccc3F)c3ncccc23)nc1N. The molecule has 3 heterocycles. The van der Waals surface area contributed by atoms with Gasteiger partial charge >= 0.3 is 16.3 Å². The molecule has 0 aliphatic carbocycles. The number of ether oxygens (including phenoxy) is 1. The van der Waals surface area contributed by atoms with E-state index in [1.165, 1.54) is 10.7 Å². The Hall–Kier alpha value is -4.53. The van der Waals surface area contributed by atoms with Gasteiger partial charge < -0.3 is 16.2 Å². The number of anilines is 3. The standard InChI is InChI=1S/C22H24FN9O4S/c1-22(2,3)36-21(33)31-37(34,35)30-16-17(24)27-19(28-18(16)25)15-13-8-6-10-26-20(13)32(29-15)11-12-7-4-5-9-14(12)23/h4-10,30H,11H2,1-3H3,(H,31,33)(H4,24,25,27,28). The summed E-state index contributed by atoms with van der Waals surface area (Å²) in [5.41, 5.74) is 11.8. The first-order valence-corrected chi connectivity index (χ1v) is 12.3.